The van der Waals surface area contributed by atoms with Crippen LogP contribution in [0, 0.1) is 11.8 Å². The Morgan fingerprint density at radius 2 is 2.05 bits per heavy atom. The summed E-state index contributed by atoms with van der Waals surface area (Å²) >= 11 is 7.42. The summed E-state index contributed by atoms with van der Waals surface area (Å²) in [4.78, 5) is 1.11. The molecule has 0 saturated carbocycles. The van der Waals surface area contributed by atoms with Gasteiger partial charge in [0.1, 0.15) is 12.4 Å². The number of aliphatic hydroxyl groups is 1. The van der Waals surface area contributed by atoms with Gasteiger partial charge in [-0.15, -0.1) is 11.3 Å². The van der Waals surface area contributed by atoms with Crippen molar-refractivity contribution in [2.24, 2.45) is 0 Å². The average Bonchev–Trinajstić information content (AvgIpc) is 2.86. The maximum absolute atomic E-state index is 8.65. The van der Waals surface area contributed by atoms with Gasteiger partial charge >= 0.3 is 0 Å². The van der Waals surface area contributed by atoms with E-state index in [0.29, 0.717) is 18.1 Å². The highest BCUT2D eigenvalue weighted by atomic mass is 35.5. The molecule has 0 aliphatic carbocycles. The SMILES string of the molecule is OCCC#Cc1csc(COc2ccc(Cl)cc2)c1. The van der Waals surface area contributed by atoms with Crippen molar-refractivity contribution in [1.29, 1.82) is 0 Å². The van der Waals surface area contributed by atoms with Crippen LogP contribution in [0.1, 0.15) is 16.9 Å². The molecule has 4 heteroatoms. The van der Waals surface area contributed by atoms with Crippen molar-refractivity contribution in [3.05, 3.63) is 51.2 Å². The molecule has 0 bridgehead atoms. The summed E-state index contributed by atoms with van der Waals surface area (Å²) in [5, 5.41) is 11.3. The zero-order valence-electron chi connectivity index (χ0n) is 10.2. The maximum atomic E-state index is 8.65. The second-order valence-electron chi connectivity index (χ2n) is 3.82. The van der Waals surface area contributed by atoms with E-state index in [4.69, 9.17) is 21.4 Å². The Hall–Kier alpha value is -1.47. The van der Waals surface area contributed by atoms with Gasteiger partial charge < -0.3 is 9.84 Å². The van der Waals surface area contributed by atoms with E-state index in [2.05, 4.69) is 11.8 Å². The van der Waals surface area contributed by atoms with Crippen molar-refractivity contribution < 1.29 is 9.84 Å². The number of aliphatic hydroxyl groups excluding tert-OH is 1. The summed E-state index contributed by atoms with van der Waals surface area (Å²) < 4.78 is 5.65. The van der Waals surface area contributed by atoms with Crippen molar-refractivity contribution in [2.45, 2.75) is 13.0 Å². The molecular formula is C15H13ClO2S. The lowest BCUT2D eigenvalue weighted by Gasteiger charge is -2.03. The molecule has 0 aliphatic rings. The van der Waals surface area contributed by atoms with Crippen molar-refractivity contribution >= 4 is 22.9 Å². The largest absolute Gasteiger partial charge is 0.488 e. The second-order valence-corrected chi connectivity index (χ2v) is 5.25. The lowest BCUT2D eigenvalue weighted by Crippen LogP contribution is -1.92. The summed E-state index contributed by atoms with van der Waals surface area (Å²) in [7, 11) is 0. The molecule has 0 radical (unpaired) electrons. The number of rotatable bonds is 4. The van der Waals surface area contributed by atoms with Crippen LogP contribution < -0.4 is 4.74 Å². The van der Waals surface area contributed by atoms with Gasteiger partial charge in [0, 0.05) is 27.3 Å². The van der Waals surface area contributed by atoms with E-state index in [0.717, 1.165) is 16.2 Å². The van der Waals surface area contributed by atoms with Gasteiger partial charge in [-0.05, 0) is 30.3 Å². The Bertz CT molecular complexity index is 578. The first-order chi connectivity index (χ1) is 9.28. The molecule has 1 aromatic heterocycles. The number of halogens is 1. The Morgan fingerprint density at radius 3 is 2.79 bits per heavy atom. The standard InChI is InChI=1S/C15H13ClO2S/c16-13-4-6-14(7-5-13)18-10-15-9-12(11-19-15)3-1-2-8-17/h4-7,9,11,17H,2,8,10H2. The fourth-order valence-corrected chi connectivity index (χ4v) is 2.28. The predicted molar refractivity (Wildman–Crippen MR) is 78.7 cm³/mol. The number of hydrogen-bond donors (Lipinski definition) is 1. The number of hydrogen-bond acceptors (Lipinski definition) is 3. The summed E-state index contributed by atoms with van der Waals surface area (Å²) in [6.07, 6.45) is 0.506. The van der Waals surface area contributed by atoms with E-state index in [1.54, 1.807) is 23.5 Å². The van der Waals surface area contributed by atoms with Crippen molar-refractivity contribution in [2.75, 3.05) is 6.61 Å². The van der Waals surface area contributed by atoms with Gasteiger partial charge in [-0.2, -0.15) is 0 Å². The Labute approximate surface area is 121 Å². The Kier molecular flexibility index (Phi) is 5.29. The van der Waals surface area contributed by atoms with Crippen molar-refractivity contribution in [3.8, 4) is 17.6 Å². The highest BCUT2D eigenvalue weighted by Gasteiger charge is 1.99. The van der Waals surface area contributed by atoms with E-state index in [9.17, 15) is 0 Å². The van der Waals surface area contributed by atoms with Crippen molar-refractivity contribution in [3.63, 3.8) is 0 Å². The van der Waals surface area contributed by atoms with Gasteiger partial charge in [0.15, 0.2) is 0 Å². The molecule has 19 heavy (non-hydrogen) atoms. The van der Waals surface area contributed by atoms with Crippen LogP contribution in [0.2, 0.25) is 5.02 Å². The molecule has 0 fully saturated rings. The topological polar surface area (TPSA) is 29.5 Å². The zero-order valence-corrected chi connectivity index (χ0v) is 11.8. The lowest BCUT2D eigenvalue weighted by molar-refractivity contribution is 0.305. The van der Waals surface area contributed by atoms with Gasteiger partial charge in [-0.1, -0.05) is 23.4 Å². The molecule has 2 nitrogen and oxygen atoms in total. The van der Waals surface area contributed by atoms with E-state index >= 15 is 0 Å². The first-order valence-corrected chi connectivity index (χ1v) is 7.09. The fraction of sp³-hybridized carbons (Fsp3) is 0.200. The molecule has 0 atom stereocenters. The van der Waals surface area contributed by atoms with Crippen LogP contribution in [-0.2, 0) is 6.61 Å². The Morgan fingerprint density at radius 1 is 1.26 bits per heavy atom. The number of ether oxygens (including phenoxy) is 1. The smallest absolute Gasteiger partial charge is 0.122 e. The first kappa shape index (κ1) is 14.0. The van der Waals surface area contributed by atoms with E-state index in [1.165, 1.54) is 0 Å². The molecule has 2 aromatic rings. The summed E-state index contributed by atoms with van der Waals surface area (Å²) in [6, 6.07) is 9.30. The molecule has 0 aliphatic heterocycles. The number of benzene rings is 1. The first-order valence-electron chi connectivity index (χ1n) is 5.83. The van der Waals surface area contributed by atoms with Gasteiger partial charge in [0.2, 0.25) is 0 Å². The van der Waals surface area contributed by atoms with Crippen LogP contribution in [0.15, 0.2) is 35.7 Å². The highest BCUT2D eigenvalue weighted by Crippen LogP contribution is 2.19. The Balaban J connectivity index is 1.90. The second kappa shape index (κ2) is 7.20. The molecule has 1 heterocycles. The van der Waals surface area contributed by atoms with Crippen LogP contribution in [0.5, 0.6) is 5.75 Å². The third kappa shape index (κ3) is 4.60. The van der Waals surface area contributed by atoms with E-state index in [-0.39, 0.29) is 6.61 Å². The minimum atomic E-state index is 0.101. The monoisotopic (exact) mass is 292 g/mol. The quantitative estimate of drug-likeness (QED) is 0.871. The van der Waals surface area contributed by atoms with Crippen LogP contribution in [0.25, 0.3) is 0 Å². The predicted octanol–water partition coefficient (Wildman–Crippen LogP) is 3.71. The summed E-state index contributed by atoms with van der Waals surface area (Å²) in [5.74, 6) is 6.69. The van der Waals surface area contributed by atoms with E-state index < -0.39 is 0 Å². The van der Waals surface area contributed by atoms with Gasteiger partial charge in [0.05, 0.1) is 6.61 Å². The molecule has 0 saturated heterocycles. The molecule has 1 N–H and O–H groups in total. The number of thiophene rings is 1. The van der Waals surface area contributed by atoms with Crippen LogP contribution in [-0.4, -0.2) is 11.7 Å². The molecule has 1 aromatic carbocycles. The van der Waals surface area contributed by atoms with Crippen LogP contribution in [0.4, 0.5) is 0 Å². The summed E-state index contributed by atoms with van der Waals surface area (Å²) in [6.45, 7) is 0.623. The average molecular weight is 293 g/mol. The normalized spacial score (nSPS) is 9.79. The van der Waals surface area contributed by atoms with Gasteiger partial charge in [-0.3, -0.25) is 0 Å². The van der Waals surface area contributed by atoms with Gasteiger partial charge in [0.25, 0.3) is 0 Å². The third-order valence-electron chi connectivity index (χ3n) is 2.32. The van der Waals surface area contributed by atoms with Crippen LogP contribution >= 0.6 is 22.9 Å². The molecule has 0 unspecified atom stereocenters. The van der Waals surface area contributed by atoms with Crippen LogP contribution in [0.3, 0.4) is 0 Å². The highest BCUT2D eigenvalue weighted by molar-refractivity contribution is 7.10. The zero-order chi connectivity index (χ0) is 13.5. The summed E-state index contributed by atoms with van der Waals surface area (Å²) in [5.41, 5.74) is 0.966. The minimum Gasteiger partial charge on any atom is -0.488 e. The maximum Gasteiger partial charge on any atom is 0.122 e. The molecule has 0 spiro atoms. The molecular weight excluding hydrogens is 280 g/mol. The molecule has 2 rings (SSSR count). The molecule has 98 valence electrons. The lowest BCUT2D eigenvalue weighted by atomic mass is 10.3. The fourth-order valence-electron chi connectivity index (χ4n) is 1.43. The third-order valence-corrected chi connectivity index (χ3v) is 3.48. The minimum absolute atomic E-state index is 0.101. The van der Waals surface area contributed by atoms with Crippen molar-refractivity contribution in [1.82, 2.24) is 0 Å². The molecule has 0 amide bonds. The van der Waals surface area contributed by atoms with E-state index in [1.807, 2.05) is 23.6 Å². The van der Waals surface area contributed by atoms with Gasteiger partial charge in [-0.25, -0.2) is 0 Å².